The largest absolute Gasteiger partial charge is 0.331 e. The highest BCUT2D eigenvalue weighted by atomic mass is 35.5. The van der Waals surface area contributed by atoms with Crippen molar-refractivity contribution in [1.82, 2.24) is 9.88 Å². The lowest BCUT2D eigenvalue weighted by atomic mass is 9.86. The molecule has 0 radical (unpaired) electrons. The molecule has 0 saturated heterocycles. The van der Waals surface area contributed by atoms with Gasteiger partial charge in [-0.1, -0.05) is 6.92 Å². The van der Waals surface area contributed by atoms with Crippen molar-refractivity contribution in [2.45, 2.75) is 64.1 Å². The first-order valence-electron chi connectivity index (χ1n) is 7.66. The molecule has 6 heteroatoms. The van der Waals surface area contributed by atoms with E-state index in [0.29, 0.717) is 24.3 Å². The summed E-state index contributed by atoms with van der Waals surface area (Å²) in [5.41, 5.74) is 6.19. The molecular formula is C15H24ClN3OS. The van der Waals surface area contributed by atoms with Gasteiger partial charge < -0.3 is 10.6 Å². The van der Waals surface area contributed by atoms with E-state index in [-0.39, 0.29) is 18.3 Å². The van der Waals surface area contributed by atoms with Crippen LogP contribution in [0.3, 0.4) is 0 Å². The molecule has 2 aliphatic rings. The average molecular weight is 330 g/mol. The fourth-order valence-electron chi connectivity index (χ4n) is 3.14. The Morgan fingerprint density at radius 1 is 1.29 bits per heavy atom. The molecule has 2 fully saturated rings. The van der Waals surface area contributed by atoms with Gasteiger partial charge in [-0.05, 0) is 44.4 Å². The Morgan fingerprint density at radius 3 is 2.33 bits per heavy atom. The molecule has 0 aromatic carbocycles. The molecule has 21 heavy (non-hydrogen) atoms. The fraction of sp³-hybridized carbons (Fsp3) is 0.733. The Balaban J connectivity index is 0.00000161. The first-order chi connectivity index (χ1) is 9.69. The summed E-state index contributed by atoms with van der Waals surface area (Å²) >= 11 is 1.49. The van der Waals surface area contributed by atoms with Gasteiger partial charge in [0.05, 0.1) is 0 Å². The Morgan fingerprint density at radius 2 is 1.86 bits per heavy atom. The van der Waals surface area contributed by atoms with Crippen molar-refractivity contribution < 1.29 is 4.79 Å². The predicted octanol–water partition coefficient (Wildman–Crippen LogP) is 3.21. The Hall–Kier alpha value is -0.650. The lowest BCUT2D eigenvalue weighted by Crippen LogP contribution is -2.43. The molecule has 1 aromatic rings. The van der Waals surface area contributed by atoms with Crippen LogP contribution in [0, 0.1) is 5.92 Å². The van der Waals surface area contributed by atoms with Gasteiger partial charge in [-0.15, -0.1) is 23.7 Å². The van der Waals surface area contributed by atoms with Crippen molar-refractivity contribution in [3.63, 3.8) is 0 Å². The average Bonchev–Trinajstić information content (AvgIpc) is 3.17. The number of halogens is 1. The normalized spacial score (nSPS) is 25.2. The van der Waals surface area contributed by atoms with Gasteiger partial charge in [0.25, 0.3) is 5.91 Å². The molecule has 1 aromatic heterocycles. The van der Waals surface area contributed by atoms with E-state index >= 15 is 0 Å². The molecule has 2 N–H and O–H groups in total. The number of nitrogens with two attached hydrogens (primary N) is 1. The first-order valence-corrected chi connectivity index (χ1v) is 8.54. The SMILES string of the molecule is CC1CCC(N(C(=O)c2csc(CN)n2)C2CC2)CC1.Cl. The number of carbonyl (C=O) groups excluding carboxylic acids is 1. The van der Waals surface area contributed by atoms with Crippen LogP contribution in [-0.4, -0.2) is 27.9 Å². The summed E-state index contributed by atoms with van der Waals surface area (Å²) in [4.78, 5) is 19.3. The van der Waals surface area contributed by atoms with Gasteiger partial charge >= 0.3 is 0 Å². The van der Waals surface area contributed by atoms with Crippen LogP contribution in [-0.2, 0) is 6.54 Å². The Kier molecular flexibility index (Phi) is 5.63. The lowest BCUT2D eigenvalue weighted by Gasteiger charge is -2.36. The molecule has 0 spiro atoms. The smallest absolute Gasteiger partial charge is 0.273 e. The van der Waals surface area contributed by atoms with E-state index in [2.05, 4.69) is 16.8 Å². The van der Waals surface area contributed by atoms with Crippen LogP contribution in [0.5, 0.6) is 0 Å². The summed E-state index contributed by atoms with van der Waals surface area (Å²) in [6.07, 6.45) is 7.10. The zero-order chi connectivity index (χ0) is 14.1. The third kappa shape index (κ3) is 3.76. The molecular weight excluding hydrogens is 306 g/mol. The summed E-state index contributed by atoms with van der Waals surface area (Å²) in [7, 11) is 0. The van der Waals surface area contributed by atoms with Crippen LogP contribution < -0.4 is 5.73 Å². The molecule has 3 rings (SSSR count). The maximum absolute atomic E-state index is 12.8. The number of carbonyl (C=O) groups is 1. The second kappa shape index (κ2) is 7.07. The molecule has 4 nitrogen and oxygen atoms in total. The zero-order valence-electron chi connectivity index (χ0n) is 12.5. The number of aromatic nitrogens is 1. The number of hydrogen-bond donors (Lipinski definition) is 1. The Labute approximate surface area is 136 Å². The van der Waals surface area contributed by atoms with Crippen molar-refractivity contribution in [2.75, 3.05) is 0 Å². The summed E-state index contributed by atoms with van der Waals surface area (Å²) in [5, 5.41) is 2.71. The van der Waals surface area contributed by atoms with Crippen molar-refractivity contribution in [3.05, 3.63) is 16.1 Å². The van der Waals surface area contributed by atoms with E-state index < -0.39 is 0 Å². The predicted molar refractivity (Wildman–Crippen MR) is 87.9 cm³/mol. The number of rotatable bonds is 4. The van der Waals surface area contributed by atoms with E-state index in [1.807, 2.05) is 5.38 Å². The third-order valence-electron chi connectivity index (χ3n) is 4.50. The standard InChI is InChI=1S/C15H23N3OS.ClH/c1-10-2-4-11(5-3-10)18(12-6-7-12)15(19)13-9-20-14(8-16)17-13;/h9-12H,2-8,16H2,1H3;1H. The Bertz CT molecular complexity index is 481. The highest BCUT2D eigenvalue weighted by molar-refractivity contribution is 7.09. The van der Waals surface area contributed by atoms with Crippen molar-refractivity contribution in [3.8, 4) is 0 Å². The monoisotopic (exact) mass is 329 g/mol. The quantitative estimate of drug-likeness (QED) is 0.922. The highest BCUT2D eigenvalue weighted by Crippen LogP contribution is 2.36. The molecule has 1 amide bonds. The number of thiazole rings is 1. The second-order valence-corrected chi connectivity index (χ2v) is 7.13. The zero-order valence-corrected chi connectivity index (χ0v) is 14.1. The molecule has 0 atom stereocenters. The summed E-state index contributed by atoms with van der Waals surface area (Å²) in [6.45, 7) is 2.73. The molecule has 0 unspecified atom stereocenters. The topological polar surface area (TPSA) is 59.2 Å². The van der Waals surface area contributed by atoms with Gasteiger partial charge in [-0.25, -0.2) is 4.98 Å². The molecule has 0 bridgehead atoms. The van der Waals surface area contributed by atoms with Gasteiger partial charge in [0.15, 0.2) is 0 Å². The maximum atomic E-state index is 12.8. The first kappa shape index (κ1) is 16.7. The fourth-order valence-corrected chi connectivity index (χ4v) is 3.79. The lowest BCUT2D eigenvalue weighted by molar-refractivity contribution is 0.0587. The molecule has 2 saturated carbocycles. The van der Waals surface area contributed by atoms with E-state index in [1.54, 1.807) is 0 Å². The second-order valence-electron chi connectivity index (χ2n) is 6.19. The highest BCUT2D eigenvalue weighted by Gasteiger charge is 2.39. The molecule has 2 aliphatic carbocycles. The van der Waals surface area contributed by atoms with Crippen molar-refractivity contribution in [1.29, 1.82) is 0 Å². The van der Waals surface area contributed by atoms with Gasteiger partial charge in [-0.3, -0.25) is 4.79 Å². The van der Waals surface area contributed by atoms with Crippen LogP contribution in [0.15, 0.2) is 5.38 Å². The van der Waals surface area contributed by atoms with Crippen LogP contribution in [0.25, 0.3) is 0 Å². The minimum Gasteiger partial charge on any atom is -0.331 e. The van der Waals surface area contributed by atoms with Crippen LogP contribution in [0.2, 0.25) is 0 Å². The molecule has 1 heterocycles. The van der Waals surface area contributed by atoms with Crippen LogP contribution in [0.4, 0.5) is 0 Å². The van der Waals surface area contributed by atoms with Crippen molar-refractivity contribution in [2.24, 2.45) is 11.7 Å². The van der Waals surface area contributed by atoms with Crippen LogP contribution >= 0.6 is 23.7 Å². The van der Waals surface area contributed by atoms with Gasteiger partial charge in [-0.2, -0.15) is 0 Å². The van der Waals surface area contributed by atoms with E-state index in [4.69, 9.17) is 5.73 Å². The van der Waals surface area contributed by atoms with E-state index in [9.17, 15) is 4.79 Å². The van der Waals surface area contributed by atoms with Gasteiger partial charge in [0.1, 0.15) is 10.7 Å². The number of amides is 1. The van der Waals surface area contributed by atoms with Crippen molar-refractivity contribution >= 4 is 29.7 Å². The van der Waals surface area contributed by atoms with Gasteiger partial charge in [0, 0.05) is 24.0 Å². The summed E-state index contributed by atoms with van der Waals surface area (Å²) in [5.74, 6) is 0.938. The maximum Gasteiger partial charge on any atom is 0.273 e. The van der Waals surface area contributed by atoms with Gasteiger partial charge in [0.2, 0.25) is 0 Å². The molecule has 0 aliphatic heterocycles. The number of nitrogens with zero attached hydrogens (tertiary/aromatic N) is 2. The van der Waals surface area contributed by atoms with Crippen LogP contribution in [0.1, 0.15) is 60.9 Å². The number of hydrogen-bond acceptors (Lipinski definition) is 4. The minimum absolute atomic E-state index is 0. The van der Waals surface area contributed by atoms with E-state index in [0.717, 1.165) is 36.6 Å². The molecule has 118 valence electrons. The third-order valence-corrected chi connectivity index (χ3v) is 5.37. The van der Waals surface area contributed by atoms with E-state index in [1.165, 1.54) is 24.2 Å². The summed E-state index contributed by atoms with van der Waals surface area (Å²) in [6, 6.07) is 0.887. The summed E-state index contributed by atoms with van der Waals surface area (Å²) < 4.78 is 0. The minimum atomic E-state index is 0.